The van der Waals surface area contributed by atoms with Crippen molar-refractivity contribution in [3.05, 3.63) is 63.8 Å². The molecule has 0 aliphatic carbocycles. The van der Waals surface area contributed by atoms with Gasteiger partial charge in [0, 0.05) is 17.9 Å². The minimum absolute atomic E-state index is 0. The van der Waals surface area contributed by atoms with Crippen molar-refractivity contribution < 1.29 is 99.4 Å². The van der Waals surface area contributed by atoms with Gasteiger partial charge in [-0.2, -0.15) is 17.6 Å². The molecule has 0 bridgehead atoms. The van der Waals surface area contributed by atoms with Gasteiger partial charge in [0.15, 0.2) is 0 Å². The fourth-order valence-electron chi connectivity index (χ4n) is 2.31. The van der Waals surface area contributed by atoms with Crippen LogP contribution in [0.1, 0.15) is 15.2 Å². The molecule has 0 saturated carbocycles. The van der Waals surface area contributed by atoms with Gasteiger partial charge in [0.1, 0.15) is 4.88 Å². The summed E-state index contributed by atoms with van der Waals surface area (Å²) in [5.41, 5.74) is -5.94. The topological polar surface area (TPSA) is 89.5 Å². The maximum atomic E-state index is 13.7. The van der Waals surface area contributed by atoms with Gasteiger partial charge >= 0.3 is 50.7 Å². The van der Waals surface area contributed by atoms with Crippen molar-refractivity contribution in [2.45, 2.75) is 5.66 Å². The number of hydrogen-bond donors (Lipinski definition) is 0. The second kappa shape index (κ2) is 10.1. The largest absolute Gasteiger partial charge is 1.00 e. The van der Waals surface area contributed by atoms with Crippen molar-refractivity contribution in [3.63, 3.8) is 0 Å². The van der Waals surface area contributed by atoms with Crippen molar-refractivity contribution in [3.8, 4) is 5.75 Å². The van der Waals surface area contributed by atoms with Crippen LogP contribution >= 0.6 is 18.9 Å². The molecule has 16 heteroatoms. The maximum absolute atomic E-state index is 13.7. The molecule has 2 aromatic carbocycles. The molecular weight excluding hydrogens is 684 g/mol. The number of esters is 1. The molecule has 5 nitrogen and oxygen atoms in total. The Labute approximate surface area is 208 Å². The van der Waals surface area contributed by atoms with E-state index in [0.717, 1.165) is 12.1 Å². The molecule has 32 heavy (non-hydrogen) atoms. The molecular formula is C16H4Ag2F7O5PS. The molecule has 0 fully saturated rings. The molecule has 1 aromatic heterocycles. The predicted octanol–water partition coefficient (Wildman–Crippen LogP) is 3.77. The summed E-state index contributed by atoms with van der Waals surface area (Å²) in [6.07, 6.45) is 0. The van der Waals surface area contributed by atoms with E-state index in [4.69, 9.17) is 0 Å². The monoisotopic (exact) mass is 686 g/mol. The molecule has 0 aliphatic heterocycles. The first-order chi connectivity index (χ1) is 13.8. The summed E-state index contributed by atoms with van der Waals surface area (Å²) in [5, 5.41) is -0.171. The van der Waals surface area contributed by atoms with Gasteiger partial charge in [-0.05, 0) is 23.6 Å². The average Bonchev–Trinajstić information content (AvgIpc) is 3.10. The van der Waals surface area contributed by atoms with Gasteiger partial charge in [-0.25, -0.2) is 18.0 Å². The summed E-state index contributed by atoms with van der Waals surface area (Å²) in [6.45, 7) is 0. The zero-order valence-electron chi connectivity index (χ0n) is 14.5. The molecule has 0 N–H and O–H groups in total. The molecule has 3 aromatic rings. The third kappa shape index (κ3) is 5.07. The number of ether oxygens (including phenoxy) is 1. The fraction of sp³-hybridized carbons (Fsp3) is 0.0625. The van der Waals surface area contributed by atoms with Crippen LogP contribution in [0, 0.1) is 29.1 Å². The fourth-order valence-corrected chi connectivity index (χ4v) is 3.68. The quantitative estimate of drug-likeness (QED) is 0.0793. The minimum atomic E-state index is -6.36. The third-order valence-electron chi connectivity index (χ3n) is 3.77. The van der Waals surface area contributed by atoms with E-state index in [1.165, 1.54) is 0 Å². The second-order valence-electron chi connectivity index (χ2n) is 5.69. The summed E-state index contributed by atoms with van der Waals surface area (Å²) in [5.74, 6) is -15.4. The molecule has 0 aliphatic rings. The molecule has 180 valence electrons. The van der Waals surface area contributed by atoms with E-state index in [0.29, 0.717) is 23.5 Å². The number of halogens is 7. The summed E-state index contributed by atoms with van der Waals surface area (Å²) in [4.78, 5) is 33.0. The van der Waals surface area contributed by atoms with Gasteiger partial charge in [-0.3, -0.25) is 0 Å². The third-order valence-corrected chi connectivity index (χ3v) is 5.82. The van der Waals surface area contributed by atoms with Crippen molar-refractivity contribution in [1.82, 2.24) is 0 Å². The van der Waals surface area contributed by atoms with E-state index < -0.39 is 64.5 Å². The van der Waals surface area contributed by atoms with Crippen LogP contribution in [0.4, 0.5) is 30.7 Å². The molecule has 0 saturated heterocycles. The Kier molecular flexibility index (Phi) is 9.17. The number of alkyl halides is 2. The molecule has 0 unspecified atom stereocenters. The number of carbonyl (C=O) groups is 1. The molecule has 0 atom stereocenters. The van der Waals surface area contributed by atoms with E-state index >= 15 is 0 Å². The maximum Gasteiger partial charge on any atom is 1.00 e. The van der Waals surface area contributed by atoms with Gasteiger partial charge < -0.3 is 19.1 Å². The van der Waals surface area contributed by atoms with Crippen molar-refractivity contribution in [1.29, 1.82) is 0 Å². The number of thiophene rings is 1. The normalized spacial score (nSPS) is 11.7. The van der Waals surface area contributed by atoms with Crippen molar-refractivity contribution in [2.24, 2.45) is 0 Å². The Morgan fingerprint density at radius 3 is 1.91 bits per heavy atom. The molecule has 1 heterocycles. The number of rotatable bonds is 4. The van der Waals surface area contributed by atoms with Crippen LogP contribution in [0.3, 0.4) is 0 Å². The van der Waals surface area contributed by atoms with Crippen LogP contribution in [-0.4, -0.2) is 5.97 Å². The average molecular weight is 688 g/mol. The van der Waals surface area contributed by atoms with E-state index in [1.807, 2.05) is 0 Å². The molecule has 0 radical (unpaired) electrons. The van der Waals surface area contributed by atoms with Crippen molar-refractivity contribution in [2.75, 3.05) is 0 Å². The predicted molar refractivity (Wildman–Crippen MR) is 84.5 cm³/mol. The van der Waals surface area contributed by atoms with Crippen LogP contribution in [0.5, 0.6) is 5.75 Å². The Bertz CT molecular complexity index is 1220. The Morgan fingerprint density at radius 1 is 0.906 bits per heavy atom. The van der Waals surface area contributed by atoms with Crippen LogP contribution in [0.15, 0.2) is 24.3 Å². The molecule has 0 amide bonds. The zero-order chi connectivity index (χ0) is 22.6. The van der Waals surface area contributed by atoms with Gasteiger partial charge in [-0.15, -0.1) is 11.3 Å². The van der Waals surface area contributed by atoms with E-state index in [-0.39, 0.29) is 54.8 Å². The van der Waals surface area contributed by atoms with Crippen LogP contribution < -0.4 is 14.5 Å². The van der Waals surface area contributed by atoms with Gasteiger partial charge in [0.25, 0.3) is 5.66 Å². The SMILES string of the molecule is O=C(Oc1c(F)c(F)c(F)c(F)c1F)c1cc2cc(C(F)(F)P(=O)([O-])[O-])ccc2s1.[Ag+].[Ag+]. The minimum Gasteiger partial charge on any atom is -0.806 e. The smallest absolute Gasteiger partial charge is 0.806 e. The Hall–Kier alpha value is -0.989. The Morgan fingerprint density at radius 2 is 1.41 bits per heavy atom. The van der Waals surface area contributed by atoms with E-state index in [1.54, 1.807) is 0 Å². The number of hydrogen-bond acceptors (Lipinski definition) is 6. The first-order valence-electron chi connectivity index (χ1n) is 7.43. The van der Waals surface area contributed by atoms with Crippen LogP contribution in [-0.2, 0) is 55.0 Å². The van der Waals surface area contributed by atoms with Crippen LogP contribution in [0.2, 0.25) is 0 Å². The zero-order valence-corrected chi connectivity index (χ0v) is 19.1. The van der Waals surface area contributed by atoms with Crippen molar-refractivity contribution >= 4 is 35.0 Å². The standard InChI is InChI=1S/C16H6F7O5PS.2Ag/c17-9-10(18)12(20)14(13(21)11(9)19)28-15(24)8-4-5-3-6(1-2-7(5)30-8)16(22,23)29(25,26)27;;/h1-4H,(H2,25,26,27);;/q;2*+1/p-2. The van der Waals surface area contributed by atoms with Gasteiger partial charge in [0.2, 0.25) is 34.8 Å². The number of fused-ring (bicyclic) bond motifs is 1. The van der Waals surface area contributed by atoms with Gasteiger partial charge in [-0.1, -0.05) is 6.07 Å². The summed E-state index contributed by atoms with van der Waals surface area (Å²) < 4.78 is 109. The Balaban J connectivity index is 0.00000256. The summed E-state index contributed by atoms with van der Waals surface area (Å²) in [6, 6.07) is 2.98. The molecule has 3 rings (SSSR count). The van der Waals surface area contributed by atoms with E-state index in [9.17, 15) is 49.9 Å². The second-order valence-corrected chi connectivity index (χ2v) is 8.33. The van der Waals surface area contributed by atoms with E-state index in [2.05, 4.69) is 4.74 Å². The van der Waals surface area contributed by atoms with Gasteiger partial charge in [0.05, 0.1) is 0 Å². The number of benzene rings is 2. The first-order valence-corrected chi connectivity index (χ1v) is 9.79. The number of carbonyl (C=O) groups excluding carboxylic acids is 1. The summed E-state index contributed by atoms with van der Waals surface area (Å²) in [7, 11) is -6.36. The molecule has 0 spiro atoms. The van der Waals surface area contributed by atoms with Crippen LogP contribution in [0.25, 0.3) is 10.1 Å². The summed E-state index contributed by atoms with van der Waals surface area (Å²) >= 11 is 0.523. The first kappa shape index (κ1) is 29.0.